The minimum Gasteiger partial charge on any atom is -0.494 e. The van der Waals surface area contributed by atoms with Gasteiger partial charge < -0.3 is 19.3 Å². The van der Waals surface area contributed by atoms with Gasteiger partial charge >= 0.3 is 0 Å². The molecule has 1 aromatic carbocycles. The van der Waals surface area contributed by atoms with Crippen molar-refractivity contribution in [3.8, 4) is 5.75 Å². The molecule has 0 aliphatic heterocycles. The van der Waals surface area contributed by atoms with Crippen LogP contribution in [-0.4, -0.2) is 32.2 Å². The van der Waals surface area contributed by atoms with Crippen molar-refractivity contribution in [1.82, 2.24) is 0 Å². The summed E-state index contributed by atoms with van der Waals surface area (Å²) in [5.41, 5.74) is -0.479. The van der Waals surface area contributed by atoms with E-state index in [-0.39, 0.29) is 0 Å². The minimum atomic E-state index is -1.20. The van der Waals surface area contributed by atoms with E-state index in [1.807, 2.05) is 24.3 Å². The summed E-state index contributed by atoms with van der Waals surface area (Å²) in [6.07, 6.45) is 0.259. The number of benzene rings is 1. The molecule has 0 heterocycles. The second kappa shape index (κ2) is 6.73. The fraction of sp³-hybridized carbons (Fsp3) is 0.571. The fourth-order valence-electron chi connectivity index (χ4n) is 1.80. The van der Waals surface area contributed by atoms with Gasteiger partial charge in [-0.1, -0.05) is 19.1 Å². The van der Waals surface area contributed by atoms with Crippen LogP contribution >= 0.6 is 0 Å². The molecule has 1 N–H and O–H groups in total. The van der Waals surface area contributed by atoms with E-state index < -0.39 is 11.9 Å². The maximum absolute atomic E-state index is 10.4. The van der Waals surface area contributed by atoms with E-state index in [1.165, 1.54) is 14.2 Å². The molecule has 102 valence electrons. The van der Waals surface area contributed by atoms with Crippen molar-refractivity contribution in [3.63, 3.8) is 0 Å². The van der Waals surface area contributed by atoms with Crippen LogP contribution in [-0.2, 0) is 15.1 Å². The first kappa shape index (κ1) is 15.0. The lowest BCUT2D eigenvalue weighted by atomic mass is 9.95. The average molecular weight is 254 g/mol. The van der Waals surface area contributed by atoms with Crippen LogP contribution in [0.3, 0.4) is 0 Å². The van der Waals surface area contributed by atoms with Crippen molar-refractivity contribution >= 4 is 0 Å². The van der Waals surface area contributed by atoms with Gasteiger partial charge in [-0.3, -0.25) is 0 Å². The number of hydrogen-bond donors (Lipinski definition) is 1. The molecule has 18 heavy (non-hydrogen) atoms. The lowest BCUT2D eigenvalue weighted by Gasteiger charge is -2.31. The monoisotopic (exact) mass is 254 g/mol. The Balaban J connectivity index is 2.83. The van der Waals surface area contributed by atoms with Crippen molar-refractivity contribution in [1.29, 1.82) is 0 Å². The van der Waals surface area contributed by atoms with Gasteiger partial charge in [0.25, 0.3) is 0 Å². The first-order chi connectivity index (χ1) is 8.56. The van der Waals surface area contributed by atoms with Crippen molar-refractivity contribution in [2.45, 2.75) is 32.2 Å². The maximum Gasteiger partial charge on any atom is 0.189 e. The highest BCUT2D eigenvalue weighted by atomic mass is 16.7. The Bertz CT molecular complexity index is 341. The summed E-state index contributed by atoms with van der Waals surface area (Å²) in [5.74, 6) is 0.794. The quantitative estimate of drug-likeness (QED) is 0.758. The number of hydrogen-bond acceptors (Lipinski definition) is 4. The first-order valence-corrected chi connectivity index (χ1v) is 6.07. The molecule has 0 saturated carbocycles. The number of rotatable bonds is 7. The molecule has 1 unspecified atom stereocenters. The van der Waals surface area contributed by atoms with Crippen LogP contribution in [0.15, 0.2) is 24.3 Å². The summed E-state index contributed by atoms with van der Waals surface area (Å²) in [6.45, 7) is 4.40. The highest BCUT2D eigenvalue weighted by molar-refractivity contribution is 5.31. The lowest BCUT2D eigenvalue weighted by molar-refractivity contribution is -0.213. The summed E-state index contributed by atoms with van der Waals surface area (Å²) in [5, 5.41) is 10.4. The van der Waals surface area contributed by atoms with E-state index in [9.17, 15) is 5.11 Å². The minimum absolute atomic E-state index is 0.689. The van der Waals surface area contributed by atoms with Crippen molar-refractivity contribution in [3.05, 3.63) is 29.8 Å². The van der Waals surface area contributed by atoms with Crippen LogP contribution in [0.5, 0.6) is 5.75 Å². The summed E-state index contributed by atoms with van der Waals surface area (Å²) in [7, 11) is 3.00. The predicted molar refractivity (Wildman–Crippen MR) is 69.6 cm³/mol. The SMILES string of the molecule is CCCOc1ccc(C(C)(O)C(OC)OC)cc1. The zero-order valence-corrected chi connectivity index (χ0v) is 11.5. The van der Waals surface area contributed by atoms with Crippen LogP contribution < -0.4 is 4.74 Å². The summed E-state index contributed by atoms with van der Waals surface area (Å²) < 4.78 is 15.7. The third kappa shape index (κ3) is 3.45. The zero-order valence-electron chi connectivity index (χ0n) is 11.5. The van der Waals surface area contributed by atoms with Gasteiger partial charge in [-0.15, -0.1) is 0 Å². The number of aliphatic hydroxyl groups is 1. The Labute approximate surface area is 108 Å². The molecule has 1 atom stereocenters. The highest BCUT2D eigenvalue weighted by Gasteiger charge is 2.34. The van der Waals surface area contributed by atoms with Crippen LogP contribution in [0.25, 0.3) is 0 Å². The van der Waals surface area contributed by atoms with E-state index in [1.54, 1.807) is 6.92 Å². The third-order valence-electron chi connectivity index (χ3n) is 2.80. The molecule has 4 heteroatoms. The average Bonchev–Trinajstić information content (AvgIpc) is 2.38. The summed E-state index contributed by atoms with van der Waals surface area (Å²) in [6, 6.07) is 7.30. The molecular formula is C14H22O4. The molecule has 0 saturated heterocycles. The highest BCUT2D eigenvalue weighted by Crippen LogP contribution is 2.28. The van der Waals surface area contributed by atoms with Gasteiger partial charge in [0.2, 0.25) is 0 Å². The van der Waals surface area contributed by atoms with Crippen LogP contribution in [0.2, 0.25) is 0 Å². The standard InChI is InChI=1S/C14H22O4/c1-5-10-18-12-8-6-11(7-9-12)14(2,15)13(16-3)17-4/h6-9,13,15H,5,10H2,1-4H3. The second-order valence-corrected chi connectivity index (χ2v) is 4.32. The Morgan fingerprint density at radius 1 is 1.17 bits per heavy atom. The number of ether oxygens (including phenoxy) is 3. The second-order valence-electron chi connectivity index (χ2n) is 4.32. The van der Waals surface area contributed by atoms with Crippen molar-refractivity contribution < 1.29 is 19.3 Å². The van der Waals surface area contributed by atoms with Crippen LogP contribution in [0, 0.1) is 0 Å². The van der Waals surface area contributed by atoms with Crippen molar-refractivity contribution in [2.75, 3.05) is 20.8 Å². The van der Waals surface area contributed by atoms with Gasteiger partial charge in [0.1, 0.15) is 11.4 Å². The molecule has 0 bridgehead atoms. The Kier molecular flexibility index (Phi) is 5.59. The third-order valence-corrected chi connectivity index (χ3v) is 2.80. The summed E-state index contributed by atoms with van der Waals surface area (Å²) >= 11 is 0. The van der Waals surface area contributed by atoms with Gasteiger partial charge in [0.05, 0.1) is 6.61 Å². The van der Waals surface area contributed by atoms with Crippen LogP contribution in [0.4, 0.5) is 0 Å². The predicted octanol–water partition coefficient (Wildman–Crippen LogP) is 2.30. The number of methoxy groups -OCH3 is 2. The van der Waals surface area contributed by atoms with Crippen LogP contribution in [0.1, 0.15) is 25.8 Å². The molecule has 1 rings (SSSR count). The normalized spacial score (nSPS) is 14.6. The van der Waals surface area contributed by atoms with E-state index in [0.717, 1.165) is 17.7 Å². The lowest BCUT2D eigenvalue weighted by Crippen LogP contribution is -2.39. The van der Waals surface area contributed by atoms with Crippen molar-refractivity contribution in [2.24, 2.45) is 0 Å². The van der Waals surface area contributed by atoms with Gasteiger partial charge in [-0.2, -0.15) is 0 Å². The molecule has 0 fully saturated rings. The zero-order chi connectivity index (χ0) is 13.6. The first-order valence-electron chi connectivity index (χ1n) is 6.07. The molecule has 1 aromatic rings. The molecule has 0 radical (unpaired) electrons. The Morgan fingerprint density at radius 3 is 2.17 bits per heavy atom. The van der Waals surface area contributed by atoms with Gasteiger partial charge in [-0.05, 0) is 31.0 Å². The molecule has 0 aliphatic rings. The largest absolute Gasteiger partial charge is 0.494 e. The van der Waals surface area contributed by atoms with Gasteiger partial charge in [0.15, 0.2) is 6.29 Å². The molecule has 0 aromatic heterocycles. The Hall–Kier alpha value is -1.10. The van der Waals surface area contributed by atoms with E-state index in [0.29, 0.717) is 6.61 Å². The smallest absolute Gasteiger partial charge is 0.189 e. The van der Waals surface area contributed by atoms with E-state index >= 15 is 0 Å². The molecule has 0 spiro atoms. The maximum atomic E-state index is 10.4. The topological polar surface area (TPSA) is 47.9 Å². The van der Waals surface area contributed by atoms with Gasteiger partial charge in [0, 0.05) is 14.2 Å². The molecule has 0 amide bonds. The van der Waals surface area contributed by atoms with Gasteiger partial charge in [-0.25, -0.2) is 0 Å². The summed E-state index contributed by atoms with van der Waals surface area (Å²) in [4.78, 5) is 0. The van der Waals surface area contributed by atoms with E-state index in [4.69, 9.17) is 14.2 Å². The molecule has 4 nitrogen and oxygen atoms in total. The Morgan fingerprint density at radius 2 is 1.72 bits per heavy atom. The molecular weight excluding hydrogens is 232 g/mol. The molecule has 0 aliphatic carbocycles. The fourth-order valence-corrected chi connectivity index (χ4v) is 1.80. The van der Waals surface area contributed by atoms with E-state index in [2.05, 4.69) is 6.92 Å².